The highest BCUT2D eigenvalue weighted by Crippen LogP contribution is 2.22. The van der Waals surface area contributed by atoms with E-state index in [1.165, 1.54) is 5.39 Å². The molecular weight excluding hydrogens is 329 g/mol. The summed E-state index contributed by atoms with van der Waals surface area (Å²) >= 11 is 5.68. The largest absolute Gasteiger partial charge is 0.241 e. The van der Waals surface area contributed by atoms with Gasteiger partial charge in [0.1, 0.15) is 3.70 Å². The molecule has 0 aliphatic carbocycles. The third-order valence-corrected chi connectivity index (χ3v) is 2.88. The fraction of sp³-hybridized carbons (Fsp3) is 0. The lowest BCUT2D eigenvalue weighted by Crippen LogP contribution is -1.82. The average molecular weight is 334 g/mol. The van der Waals surface area contributed by atoms with Crippen molar-refractivity contribution >= 4 is 49.4 Å². The number of nitrogens with zero attached hydrogens (tertiary/aromatic N) is 1. The lowest BCUT2D eigenvalue weighted by molar-refractivity contribution is 1.34. The SMILES string of the molecule is Brc1cccc2ccc(I)nc12. The summed E-state index contributed by atoms with van der Waals surface area (Å²) in [5.74, 6) is 0. The normalized spacial score (nSPS) is 10.5. The highest BCUT2D eigenvalue weighted by atomic mass is 127. The van der Waals surface area contributed by atoms with Gasteiger partial charge in [-0.3, -0.25) is 0 Å². The first kappa shape index (κ1) is 8.44. The van der Waals surface area contributed by atoms with E-state index >= 15 is 0 Å². The Bertz CT molecular complexity index is 428. The average Bonchev–Trinajstić information content (AvgIpc) is 2.07. The van der Waals surface area contributed by atoms with Gasteiger partial charge >= 0.3 is 0 Å². The summed E-state index contributed by atoms with van der Waals surface area (Å²) in [5.41, 5.74) is 1.03. The van der Waals surface area contributed by atoms with E-state index in [2.05, 4.69) is 55.6 Å². The van der Waals surface area contributed by atoms with Crippen LogP contribution in [0.5, 0.6) is 0 Å². The third-order valence-electron chi connectivity index (χ3n) is 1.64. The van der Waals surface area contributed by atoms with E-state index in [1.807, 2.05) is 18.2 Å². The standard InChI is InChI=1S/C9H5BrIN/c10-7-3-1-2-6-4-5-8(11)12-9(6)7/h1-5H. The molecule has 0 saturated carbocycles. The van der Waals surface area contributed by atoms with Crippen LogP contribution in [-0.4, -0.2) is 4.98 Å². The number of hydrogen-bond donors (Lipinski definition) is 0. The van der Waals surface area contributed by atoms with Crippen molar-refractivity contribution < 1.29 is 0 Å². The molecule has 0 spiro atoms. The first-order chi connectivity index (χ1) is 5.77. The van der Waals surface area contributed by atoms with Crippen LogP contribution in [0.3, 0.4) is 0 Å². The zero-order chi connectivity index (χ0) is 8.55. The van der Waals surface area contributed by atoms with E-state index in [0.717, 1.165) is 13.7 Å². The maximum atomic E-state index is 4.41. The van der Waals surface area contributed by atoms with Gasteiger partial charge in [0.05, 0.1) is 5.52 Å². The molecule has 1 nitrogen and oxygen atoms in total. The Labute approximate surface area is 92.5 Å². The van der Waals surface area contributed by atoms with Crippen LogP contribution in [0.4, 0.5) is 0 Å². The van der Waals surface area contributed by atoms with Crippen molar-refractivity contribution in [3.63, 3.8) is 0 Å². The van der Waals surface area contributed by atoms with E-state index in [9.17, 15) is 0 Å². The van der Waals surface area contributed by atoms with E-state index in [-0.39, 0.29) is 0 Å². The second-order valence-corrected chi connectivity index (χ2v) is 4.41. The number of rotatable bonds is 0. The predicted octanol–water partition coefficient (Wildman–Crippen LogP) is 3.60. The Morgan fingerprint density at radius 3 is 2.83 bits per heavy atom. The maximum Gasteiger partial charge on any atom is 0.102 e. The molecule has 3 heteroatoms. The molecule has 12 heavy (non-hydrogen) atoms. The van der Waals surface area contributed by atoms with Crippen molar-refractivity contribution in [3.05, 3.63) is 38.5 Å². The second-order valence-electron chi connectivity index (χ2n) is 2.45. The van der Waals surface area contributed by atoms with Crippen LogP contribution < -0.4 is 0 Å². The quantitative estimate of drug-likeness (QED) is 0.530. The number of pyridine rings is 1. The van der Waals surface area contributed by atoms with Crippen molar-refractivity contribution in [2.45, 2.75) is 0 Å². The van der Waals surface area contributed by atoms with E-state index in [1.54, 1.807) is 0 Å². The first-order valence-corrected chi connectivity index (χ1v) is 5.35. The van der Waals surface area contributed by atoms with Gasteiger partial charge in [-0.05, 0) is 50.7 Å². The highest BCUT2D eigenvalue weighted by Gasteiger charge is 1.98. The Kier molecular flexibility index (Phi) is 2.32. The van der Waals surface area contributed by atoms with Crippen LogP contribution >= 0.6 is 38.5 Å². The first-order valence-electron chi connectivity index (χ1n) is 3.48. The fourth-order valence-electron chi connectivity index (χ4n) is 1.09. The van der Waals surface area contributed by atoms with Gasteiger partial charge in [0.15, 0.2) is 0 Å². The van der Waals surface area contributed by atoms with Crippen LogP contribution in [0.1, 0.15) is 0 Å². The lowest BCUT2D eigenvalue weighted by atomic mass is 10.2. The number of hydrogen-bond acceptors (Lipinski definition) is 1. The van der Waals surface area contributed by atoms with Crippen LogP contribution in [0, 0.1) is 3.70 Å². The molecule has 2 rings (SSSR count). The summed E-state index contributed by atoms with van der Waals surface area (Å²) in [6.45, 7) is 0. The van der Waals surface area contributed by atoms with E-state index < -0.39 is 0 Å². The minimum absolute atomic E-state index is 1.02. The zero-order valence-corrected chi connectivity index (χ0v) is 9.83. The van der Waals surface area contributed by atoms with Gasteiger partial charge in [-0.25, -0.2) is 4.98 Å². The van der Waals surface area contributed by atoms with Gasteiger partial charge in [-0.15, -0.1) is 0 Å². The van der Waals surface area contributed by atoms with Gasteiger partial charge in [-0.1, -0.05) is 18.2 Å². The van der Waals surface area contributed by atoms with Gasteiger partial charge in [-0.2, -0.15) is 0 Å². The zero-order valence-electron chi connectivity index (χ0n) is 6.09. The molecule has 2 aromatic rings. The molecule has 1 aromatic heterocycles. The third kappa shape index (κ3) is 1.47. The highest BCUT2D eigenvalue weighted by molar-refractivity contribution is 14.1. The van der Waals surface area contributed by atoms with Crippen molar-refractivity contribution in [3.8, 4) is 0 Å². The molecule has 60 valence electrons. The minimum Gasteiger partial charge on any atom is -0.241 e. The smallest absolute Gasteiger partial charge is 0.102 e. The molecule has 0 saturated heterocycles. The lowest BCUT2D eigenvalue weighted by Gasteiger charge is -1.98. The number of aromatic nitrogens is 1. The number of para-hydroxylation sites is 1. The summed E-state index contributed by atoms with van der Waals surface area (Å²) in [7, 11) is 0. The molecule has 0 fully saturated rings. The van der Waals surface area contributed by atoms with Gasteiger partial charge in [0, 0.05) is 9.86 Å². The minimum atomic E-state index is 1.02. The van der Waals surface area contributed by atoms with Gasteiger partial charge in [0.2, 0.25) is 0 Å². The van der Waals surface area contributed by atoms with E-state index in [4.69, 9.17) is 0 Å². The second kappa shape index (κ2) is 3.30. The summed E-state index contributed by atoms with van der Waals surface area (Å²) in [6.07, 6.45) is 0. The van der Waals surface area contributed by atoms with Crippen LogP contribution in [0.25, 0.3) is 10.9 Å². The summed E-state index contributed by atoms with van der Waals surface area (Å²) in [5, 5.41) is 1.17. The molecule has 0 amide bonds. The van der Waals surface area contributed by atoms with Crippen LogP contribution in [0.15, 0.2) is 34.8 Å². The molecule has 0 aliphatic heterocycles. The molecule has 1 aromatic carbocycles. The number of benzene rings is 1. The van der Waals surface area contributed by atoms with Gasteiger partial charge < -0.3 is 0 Å². The predicted molar refractivity (Wildman–Crippen MR) is 62.2 cm³/mol. The molecule has 0 bridgehead atoms. The molecule has 1 heterocycles. The molecule has 0 radical (unpaired) electrons. The van der Waals surface area contributed by atoms with Crippen molar-refractivity contribution in [1.29, 1.82) is 0 Å². The van der Waals surface area contributed by atoms with Crippen LogP contribution in [0.2, 0.25) is 0 Å². The topological polar surface area (TPSA) is 12.9 Å². The van der Waals surface area contributed by atoms with E-state index in [0.29, 0.717) is 0 Å². The summed E-state index contributed by atoms with van der Waals surface area (Å²) < 4.78 is 2.07. The number of halogens is 2. The maximum absolute atomic E-state index is 4.41. The van der Waals surface area contributed by atoms with Crippen molar-refractivity contribution in [2.75, 3.05) is 0 Å². The Morgan fingerprint density at radius 1 is 1.17 bits per heavy atom. The monoisotopic (exact) mass is 333 g/mol. The molecule has 0 atom stereocenters. The fourth-order valence-corrected chi connectivity index (χ4v) is 1.98. The molecular formula is C9H5BrIN. The number of fused-ring (bicyclic) bond motifs is 1. The molecule has 0 aliphatic rings. The van der Waals surface area contributed by atoms with Gasteiger partial charge in [0.25, 0.3) is 0 Å². The summed E-state index contributed by atoms with van der Waals surface area (Å²) in [4.78, 5) is 4.41. The Balaban J connectivity index is 2.88. The molecule has 0 N–H and O–H groups in total. The molecule has 0 unspecified atom stereocenters. The van der Waals surface area contributed by atoms with Crippen molar-refractivity contribution in [2.24, 2.45) is 0 Å². The van der Waals surface area contributed by atoms with Crippen LogP contribution in [-0.2, 0) is 0 Å². The summed E-state index contributed by atoms with van der Waals surface area (Å²) in [6, 6.07) is 10.2. The van der Waals surface area contributed by atoms with Crippen molar-refractivity contribution in [1.82, 2.24) is 4.98 Å². The Hall–Kier alpha value is -0.160. The Morgan fingerprint density at radius 2 is 2.00 bits per heavy atom.